The van der Waals surface area contributed by atoms with E-state index in [2.05, 4.69) is 40.8 Å². The van der Waals surface area contributed by atoms with Crippen LogP contribution in [0.25, 0.3) is 10.8 Å². The summed E-state index contributed by atoms with van der Waals surface area (Å²) in [6.45, 7) is 2.68. The number of hydrogen-bond donors (Lipinski definition) is 0. The number of nitrogens with zero attached hydrogens (tertiary/aromatic N) is 2. The molecule has 106 valence electrons. The molecule has 0 saturated heterocycles. The molecule has 1 atom stereocenters. The predicted octanol–water partition coefficient (Wildman–Crippen LogP) is -4.90. The maximum Gasteiger partial charge on any atom is 0.176 e. The second-order valence-corrected chi connectivity index (χ2v) is 4.84. The summed E-state index contributed by atoms with van der Waals surface area (Å²) >= 11 is 0. The lowest BCUT2D eigenvalue weighted by atomic mass is 10.1. The number of rotatable bonds is 2. The monoisotopic (exact) mass is 302 g/mol. The molecule has 0 bridgehead atoms. The average molecular weight is 303 g/mol. The van der Waals surface area contributed by atoms with Gasteiger partial charge < -0.3 is 39.0 Å². The van der Waals surface area contributed by atoms with E-state index in [1.54, 1.807) is 0 Å². The minimum atomic E-state index is 0. The molecule has 1 unspecified atom stereocenters. The fourth-order valence-electron chi connectivity index (χ4n) is 2.56. The molecule has 0 radical (unpaired) electrons. The fraction of sp³-hybridized carbons (Fsp3) is 0.462. The molecule has 1 N–H and O–H groups in total. The molecule has 0 amide bonds. The molecule has 4 nitrogen and oxygen atoms in total. The number of pyridine rings is 1. The highest BCUT2D eigenvalue weighted by Gasteiger charge is 2.25. The quantitative estimate of drug-likeness (QED) is 0.557. The van der Waals surface area contributed by atoms with Crippen molar-refractivity contribution in [3.63, 3.8) is 0 Å². The summed E-state index contributed by atoms with van der Waals surface area (Å²) in [4.78, 5) is 5.31. The van der Waals surface area contributed by atoms with Crippen molar-refractivity contribution in [3.8, 4) is 0 Å². The molecule has 2 aromatic heterocycles. The summed E-state index contributed by atoms with van der Waals surface area (Å²) < 4.78 is 8.24. The second-order valence-electron chi connectivity index (χ2n) is 4.84. The van der Waals surface area contributed by atoms with E-state index in [1.807, 2.05) is 12.4 Å². The van der Waals surface area contributed by atoms with Gasteiger partial charge in [-0.1, -0.05) is 0 Å². The van der Waals surface area contributed by atoms with Gasteiger partial charge in [-0.3, -0.25) is 0 Å². The smallest absolute Gasteiger partial charge is 0.176 e. The highest BCUT2D eigenvalue weighted by Crippen LogP contribution is 2.30. The molecule has 0 aliphatic carbocycles. The summed E-state index contributed by atoms with van der Waals surface area (Å²) in [5, 5.41) is 2.56. The zero-order valence-electron chi connectivity index (χ0n) is 11.1. The lowest BCUT2D eigenvalue weighted by Crippen LogP contribution is -3.00. The van der Waals surface area contributed by atoms with Gasteiger partial charge in [0.15, 0.2) is 12.4 Å². The van der Waals surface area contributed by atoms with Crippen LogP contribution >= 0.6 is 0 Å². The number of H-pyrrole nitrogens is 1. The minimum Gasteiger partial charge on any atom is -1.00 e. The number of fused-ring (bicyclic) bond motifs is 3. The van der Waals surface area contributed by atoms with Crippen molar-refractivity contribution in [3.05, 3.63) is 30.4 Å². The Morgan fingerprint density at radius 3 is 2.95 bits per heavy atom. The van der Waals surface area contributed by atoms with Crippen molar-refractivity contribution < 1.29 is 34.5 Å². The van der Waals surface area contributed by atoms with E-state index in [0.29, 0.717) is 0 Å². The molecular weight excluding hydrogens is 285 g/mol. The number of nitrogens with one attached hydrogen (secondary N) is 1. The molecular formula is C13H18Cl2N3O-. The third kappa shape index (κ3) is 3.03. The van der Waals surface area contributed by atoms with Gasteiger partial charge in [-0.15, -0.1) is 0 Å². The predicted molar refractivity (Wildman–Crippen MR) is 65.7 cm³/mol. The van der Waals surface area contributed by atoms with Crippen LogP contribution < -0.4 is 29.8 Å². The highest BCUT2D eigenvalue weighted by molar-refractivity contribution is 5.84. The Balaban J connectivity index is 0.000000902. The van der Waals surface area contributed by atoms with E-state index < -0.39 is 0 Å². The Labute approximate surface area is 125 Å². The molecule has 1 aliphatic rings. The van der Waals surface area contributed by atoms with Gasteiger partial charge >= 0.3 is 0 Å². The van der Waals surface area contributed by atoms with Crippen LogP contribution in [0.5, 0.6) is 0 Å². The number of aromatic nitrogens is 2. The maximum absolute atomic E-state index is 5.91. The first-order chi connectivity index (χ1) is 8.25. The van der Waals surface area contributed by atoms with E-state index in [0.717, 1.165) is 19.7 Å². The summed E-state index contributed by atoms with van der Waals surface area (Å²) in [7, 11) is 4.17. The third-order valence-corrected chi connectivity index (χ3v) is 3.26. The van der Waals surface area contributed by atoms with Gasteiger partial charge in [0.25, 0.3) is 0 Å². The second kappa shape index (κ2) is 6.57. The van der Waals surface area contributed by atoms with Crippen molar-refractivity contribution in [1.29, 1.82) is 0 Å². The zero-order valence-corrected chi connectivity index (χ0v) is 12.6. The first kappa shape index (κ1) is 16.2. The van der Waals surface area contributed by atoms with Gasteiger partial charge in [0.1, 0.15) is 6.10 Å². The Morgan fingerprint density at radius 2 is 2.21 bits per heavy atom. The first-order valence-corrected chi connectivity index (χ1v) is 6.01. The molecule has 2 aromatic rings. The van der Waals surface area contributed by atoms with E-state index in [-0.39, 0.29) is 30.9 Å². The molecule has 0 fully saturated rings. The lowest BCUT2D eigenvalue weighted by Gasteiger charge is -2.28. The number of ether oxygens (including phenoxy) is 1. The Morgan fingerprint density at radius 1 is 1.42 bits per heavy atom. The van der Waals surface area contributed by atoms with E-state index in [9.17, 15) is 0 Å². The van der Waals surface area contributed by atoms with Crippen LogP contribution in [0.1, 0.15) is 11.8 Å². The van der Waals surface area contributed by atoms with Gasteiger partial charge in [-0.05, 0) is 14.1 Å². The average Bonchev–Trinajstić information content (AvgIpc) is 2.67. The maximum atomic E-state index is 5.91. The topological polar surface area (TPSA) is 31.5 Å². The Bertz CT molecular complexity index is 542. The van der Waals surface area contributed by atoms with Crippen LogP contribution in [0.4, 0.5) is 0 Å². The summed E-state index contributed by atoms with van der Waals surface area (Å²) in [5.74, 6) is 0. The lowest BCUT2D eigenvalue weighted by molar-refractivity contribution is -0.375. The van der Waals surface area contributed by atoms with Crippen molar-refractivity contribution >= 4 is 10.8 Å². The van der Waals surface area contributed by atoms with Crippen molar-refractivity contribution in [1.82, 2.24) is 9.47 Å². The minimum absolute atomic E-state index is 0. The van der Waals surface area contributed by atoms with Crippen LogP contribution in [-0.2, 0) is 11.3 Å². The zero-order chi connectivity index (χ0) is 11.8. The van der Waals surface area contributed by atoms with Crippen molar-refractivity contribution in [2.75, 3.05) is 27.2 Å². The largest absolute Gasteiger partial charge is 1.00 e. The Hall–Kier alpha value is -0.810. The van der Waals surface area contributed by atoms with Crippen molar-refractivity contribution in [2.45, 2.75) is 12.6 Å². The number of aromatic amines is 1. The summed E-state index contributed by atoms with van der Waals surface area (Å²) in [6.07, 6.45) is 6.42. The molecule has 3 heterocycles. The highest BCUT2D eigenvalue weighted by atomic mass is 35.5. The fourth-order valence-corrected chi connectivity index (χ4v) is 2.56. The van der Waals surface area contributed by atoms with Gasteiger partial charge in [0, 0.05) is 30.7 Å². The molecule has 6 heteroatoms. The van der Waals surface area contributed by atoms with E-state index in [4.69, 9.17) is 4.74 Å². The van der Waals surface area contributed by atoms with Gasteiger partial charge in [-0.25, -0.2) is 4.98 Å². The van der Waals surface area contributed by atoms with Crippen LogP contribution in [0.2, 0.25) is 0 Å². The molecule has 0 spiro atoms. The van der Waals surface area contributed by atoms with Gasteiger partial charge in [0.2, 0.25) is 0 Å². The molecule has 0 aromatic carbocycles. The van der Waals surface area contributed by atoms with E-state index in [1.165, 1.54) is 16.5 Å². The first-order valence-electron chi connectivity index (χ1n) is 6.01. The molecule has 0 saturated carbocycles. The number of likely N-dealkylation sites (N-methyl/N-ethyl adjacent to an activating group) is 1. The van der Waals surface area contributed by atoms with Crippen LogP contribution in [0.15, 0.2) is 24.7 Å². The SMILES string of the molecule is CN(C)CC1OCCn2cc3c[nH+]ccc3c21.[Cl-].[Cl-]. The number of hydrogen-bond acceptors (Lipinski definition) is 2. The molecule has 1 aliphatic heterocycles. The standard InChI is InChI=1S/C13H17N3O.2ClH/c1-15(2)9-12-13-11-3-4-14-7-10(11)8-16(13)5-6-17-12;;/h3-4,7-8,12H,5-6,9H2,1-2H3;2*1H/p-1. The van der Waals surface area contributed by atoms with Crippen LogP contribution in [0.3, 0.4) is 0 Å². The Kier molecular flexibility index (Phi) is 5.62. The van der Waals surface area contributed by atoms with Gasteiger partial charge in [-0.2, -0.15) is 0 Å². The number of halogens is 2. The third-order valence-electron chi connectivity index (χ3n) is 3.26. The molecule has 3 rings (SSSR count). The summed E-state index contributed by atoms with van der Waals surface area (Å²) in [5.41, 5.74) is 1.31. The normalized spacial score (nSPS) is 17.7. The van der Waals surface area contributed by atoms with Crippen molar-refractivity contribution in [2.24, 2.45) is 0 Å². The van der Waals surface area contributed by atoms with Crippen LogP contribution in [0, 0.1) is 0 Å². The van der Waals surface area contributed by atoms with Crippen LogP contribution in [-0.4, -0.2) is 36.7 Å². The van der Waals surface area contributed by atoms with Gasteiger partial charge in [0.05, 0.1) is 17.7 Å². The molecule has 19 heavy (non-hydrogen) atoms. The summed E-state index contributed by atoms with van der Waals surface area (Å²) in [6, 6.07) is 2.14. The van der Waals surface area contributed by atoms with E-state index >= 15 is 0 Å².